The Labute approximate surface area is 77.4 Å². The molecule has 0 amide bonds. The smallest absolute Gasteiger partial charge is 0.00836 e. The molecule has 0 spiro atoms. The number of hydrogen-bond donors (Lipinski definition) is 0. The van der Waals surface area contributed by atoms with Crippen LogP contribution in [0.25, 0.3) is 0 Å². The zero-order valence-electron chi connectivity index (χ0n) is 8.85. The fourth-order valence-corrected chi connectivity index (χ4v) is 1.14. The summed E-state index contributed by atoms with van der Waals surface area (Å²) in [5.41, 5.74) is 1.57. The van der Waals surface area contributed by atoms with Crippen molar-refractivity contribution in [1.82, 2.24) is 0 Å². The summed E-state index contributed by atoms with van der Waals surface area (Å²) in [5.74, 6) is 0. The summed E-state index contributed by atoms with van der Waals surface area (Å²) in [4.78, 5) is 0. The van der Waals surface area contributed by atoms with Crippen LogP contribution < -0.4 is 0 Å². The maximum absolute atomic E-state index is 3.87. The van der Waals surface area contributed by atoms with Crippen LogP contribution in [0.4, 0.5) is 0 Å². The lowest BCUT2D eigenvalue weighted by Gasteiger charge is -2.23. The Morgan fingerprint density at radius 3 is 2.33 bits per heavy atom. The van der Waals surface area contributed by atoms with E-state index in [2.05, 4.69) is 46.8 Å². The molecule has 0 aliphatic heterocycles. The van der Waals surface area contributed by atoms with Crippen LogP contribution in [0.1, 0.15) is 40.5 Å². The van der Waals surface area contributed by atoms with Crippen molar-refractivity contribution in [2.24, 2.45) is 5.41 Å². The van der Waals surface area contributed by atoms with Gasteiger partial charge >= 0.3 is 0 Å². The summed E-state index contributed by atoms with van der Waals surface area (Å²) in [6.07, 6.45) is 8.81. The van der Waals surface area contributed by atoms with E-state index in [1.165, 1.54) is 5.57 Å². The Morgan fingerprint density at radius 2 is 2.00 bits per heavy atom. The third kappa shape index (κ3) is 4.38. The molecule has 0 aliphatic rings. The van der Waals surface area contributed by atoms with Crippen LogP contribution in [0.2, 0.25) is 0 Å². The molecule has 69 valence electrons. The summed E-state index contributed by atoms with van der Waals surface area (Å²) in [6, 6.07) is 0. The Kier molecular flexibility index (Phi) is 4.96. The van der Waals surface area contributed by atoms with Crippen molar-refractivity contribution in [3.8, 4) is 0 Å². The van der Waals surface area contributed by atoms with E-state index >= 15 is 0 Å². The molecule has 1 atom stereocenters. The van der Waals surface area contributed by atoms with Crippen molar-refractivity contribution >= 4 is 0 Å². The fourth-order valence-electron chi connectivity index (χ4n) is 1.14. The van der Waals surface area contributed by atoms with Gasteiger partial charge in [-0.2, -0.15) is 0 Å². The lowest BCUT2D eigenvalue weighted by atomic mass is 9.82. The van der Waals surface area contributed by atoms with Gasteiger partial charge in [-0.25, -0.2) is 0 Å². The summed E-state index contributed by atoms with van der Waals surface area (Å²) < 4.78 is 0. The second-order valence-corrected chi connectivity index (χ2v) is 3.81. The van der Waals surface area contributed by atoms with Crippen LogP contribution in [0.5, 0.6) is 0 Å². The third-order valence-electron chi connectivity index (χ3n) is 2.09. The number of rotatable bonds is 5. The Balaban J connectivity index is 4.14. The maximum Gasteiger partial charge on any atom is -0.00836 e. The van der Waals surface area contributed by atoms with Gasteiger partial charge in [0.2, 0.25) is 0 Å². The first-order valence-electron chi connectivity index (χ1n) is 4.65. The zero-order chi connectivity index (χ0) is 9.61. The van der Waals surface area contributed by atoms with E-state index in [0.717, 1.165) is 12.8 Å². The normalized spacial score (nSPS) is 15.0. The van der Waals surface area contributed by atoms with Crippen LogP contribution in [0.15, 0.2) is 24.3 Å². The molecule has 0 aromatic rings. The van der Waals surface area contributed by atoms with E-state index in [1.807, 2.05) is 6.08 Å². The molecular weight excluding hydrogens is 144 g/mol. The quantitative estimate of drug-likeness (QED) is 0.537. The van der Waals surface area contributed by atoms with Gasteiger partial charge < -0.3 is 0 Å². The molecule has 0 nitrogen and oxygen atoms in total. The van der Waals surface area contributed by atoms with E-state index in [9.17, 15) is 0 Å². The zero-order valence-corrected chi connectivity index (χ0v) is 8.85. The molecule has 0 N–H and O–H groups in total. The molecule has 1 unspecified atom stereocenters. The maximum atomic E-state index is 3.87. The molecule has 12 heavy (non-hydrogen) atoms. The molecular formula is C12H21. The average molecular weight is 165 g/mol. The first kappa shape index (κ1) is 11.5. The molecule has 0 aromatic carbocycles. The molecule has 0 heterocycles. The van der Waals surface area contributed by atoms with Gasteiger partial charge in [-0.3, -0.25) is 0 Å². The van der Waals surface area contributed by atoms with Crippen molar-refractivity contribution in [3.05, 3.63) is 30.7 Å². The Morgan fingerprint density at radius 1 is 1.42 bits per heavy atom. The van der Waals surface area contributed by atoms with E-state index in [0.29, 0.717) is 0 Å². The summed E-state index contributed by atoms with van der Waals surface area (Å²) >= 11 is 0. The monoisotopic (exact) mass is 165 g/mol. The van der Waals surface area contributed by atoms with Crippen molar-refractivity contribution in [2.75, 3.05) is 0 Å². The minimum Gasteiger partial charge on any atom is -0.103 e. The van der Waals surface area contributed by atoms with Crippen LogP contribution in [-0.4, -0.2) is 0 Å². The van der Waals surface area contributed by atoms with Gasteiger partial charge in [-0.1, -0.05) is 38.0 Å². The van der Waals surface area contributed by atoms with E-state index in [-0.39, 0.29) is 5.41 Å². The number of hydrogen-bond acceptors (Lipinski definition) is 0. The highest BCUT2D eigenvalue weighted by Gasteiger charge is 2.16. The molecule has 0 aromatic heterocycles. The van der Waals surface area contributed by atoms with E-state index in [4.69, 9.17) is 0 Å². The molecule has 0 bridgehead atoms. The van der Waals surface area contributed by atoms with Gasteiger partial charge in [0.1, 0.15) is 0 Å². The first-order chi connectivity index (χ1) is 5.54. The standard InChI is InChI=1S/C12H21/c1-6-9-12(5,7-2)10-8-11(3)4/h7-9H,2,6,10H2,1,3-5H3. The van der Waals surface area contributed by atoms with Crippen LogP contribution in [-0.2, 0) is 0 Å². The summed E-state index contributed by atoms with van der Waals surface area (Å²) in [7, 11) is 0. The molecule has 0 heteroatoms. The highest BCUT2D eigenvalue weighted by molar-refractivity contribution is 5.07. The minimum absolute atomic E-state index is 0.187. The van der Waals surface area contributed by atoms with Gasteiger partial charge in [-0.05, 0) is 32.1 Å². The Bertz CT molecular complexity index is 161. The van der Waals surface area contributed by atoms with Crippen LogP contribution in [0, 0.1) is 11.8 Å². The average Bonchev–Trinajstić information content (AvgIpc) is 2.02. The van der Waals surface area contributed by atoms with Gasteiger partial charge in [0.25, 0.3) is 0 Å². The van der Waals surface area contributed by atoms with Gasteiger partial charge in [0.05, 0.1) is 0 Å². The lowest BCUT2D eigenvalue weighted by Crippen LogP contribution is -2.11. The molecule has 0 rings (SSSR count). The van der Waals surface area contributed by atoms with Crippen molar-refractivity contribution in [3.63, 3.8) is 0 Å². The van der Waals surface area contributed by atoms with E-state index in [1.54, 1.807) is 0 Å². The largest absolute Gasteiger partial charge is 0.103 e. The number of allylic oxidation sites excluding steroid dienone is 3. The summed E-state index contributed by atoms with van der Waals surface area (Å²) in [6.45, 7) is 12.5. The molecule has 0 aliphatic carbocycles. The molecule has 0 saturated carbocycles. The molecule has 0 saturated heterocycles. The highest BCUT2D eigenvalue weighted by Crippen LogP contribution is 2.28. The summed E-state index contributed by atoms with van der Waals surface area (Å²) in [5, 5.41) is 0. The van der Waals surface area contributed by atoms with Gasteiger partial charge in [-0.15, -0.1) is 6.58 Å². The second-order valence-electron chi connectivity index (χ2n) is 3.81. The van der Waals surface area contributed by atoms with Gasteiger partial charge in [0.15, 0.2) is 0 Å². The van der Waals surface area contributed by atoms with Crippen LogP contribution >= 0.6 is 0 Å². The highest BCUT2D eigenvalue weighted by atomic mass is 14.2. The lowest BCUT2D eigenvalue weighted by molar-refractivity contribution is 0.498. The fraction of sp³-hybridized carbons (Fsp3) is 0.583. The van der Waals surface area contributed by atoms with Crippen molar-refractivity contribution in [2.45, 2.75) is 40.5 Å². The third-order valence-corrected chi connectivity index (χ3v) is 2.09. The first-order valence-corrected chi connectivity index (χ1v) is 4.65. The SMILES string of the molecule is C=CC(C)([CH]CC)CC=C(C)C. The molecule has 1 radical (unpaired) electrons. The van der Waals surface area contributed by atoms with Gasteiger partial charge in [0, 0.05) is 0 Å². The predicted molar refractivity (Wildman–Crippen MR) is 56.9 cm³/mol. The van der Waals surface area contributed by atoms with Crippen molar-refractivity contribution < 1.29 is 0 Å². The topological polar surface area (TPSA) is 0 Å². The molecule has 0 fully saturated rings. The Hall–Kier alpha value is -0.520. The minimum atomic E-state index is 0.187. The second kappa shape index (κ2) is 5.18. The predicted octanol–water partition coefficient (Wildman–Crippen LogP) is 4.15. The van der Waals surface area contributed by atoms with Crippen LogP contribution in [0.3, 0.4) is 0 Å². The van der Waals surface area contributed by atoms with Crippen molar-refractivity contribution in [1.29, 1.82) is 0 Å². The van der Waals surface area contributed by atoms with E-state index < -0.39 is 0 Å².